The summed E-state index contributed by atoms with van der Waals surface area (Å²) in [6.45, 7) is 9.89. The molecule has 1 aromatic heterocycles. The van der Waals surface area contributed by atoms with Crippen LogP contribution < -0.4 is 4.90 Å². The van der Waals surface area contributed by atoms with Gasteiger partial charge in [-0.1, -0.05) is 6.92 Å². The van der Waals surface area contributed by atoms with Gasteiger partial charge in [0.2, 0.25) is 21.9 Å². The summed E-state index contributed by atoms with van der Waals surface area (Å²) in [4.78, 5) is 18.7. The molecule has 3 aliphatic rings. The van der Waals surface area contributed by atoms with Gasteiger partial charge in [-0.2, -0.15) is 0 Å². The Hall–Kier alpha value is -1.72. The second kappa shape index (κ2) is 9.41. The summed E-state index contributed by atoms with van der Waals surface area (Å²) in [5.74, 6) is 2.37. The predicted molar refractivity (Wildman–Crippen MR) is 118 cm³/mol. The predicted octanol–water partition coefficient (Wildman–Crippen LogP) is 0.214. The van der Waals surface area contributed by atoms with Gasteiger partial charge in [0, 0.05) is 52.2 Å². The summed E-state index contributed by atoms with van der Waals surface area (Å²) in [7, 11) is -3.20. The van der Waals surface area contributed by atoms with Gasteiger partial charge in [0.15, 0.2) is 5.82 Å². The molecule has 1 atom stereocenters. The fourth-order valence-corrected chi connectivity index (χ4v) is 5.81. The van der Waals surface area contributed by atoms with E-state index in [4.69, 9.17) is 0 Å². The number of anilines is 1. The highest BCUT2D eigenvalue weighted by atomic mass is 32.2. The minimum absolute atomic E-state index is 0.188. The van der Waals surface area contributed by atoms with Crippen LogP contribution in [-0.2, 0) is 27.9 Å². The van der Waals surface area contributed by atoms with Crippen molar-refractivity contribution in [2.24, 2.45) is 5.92 Å². The molecule has 0 aromatic carbocycles. The lowest BCUT2D eigenvalue weighted by Gasteiger charge is -2.25. The first-order valence-corrected chi connectivity index (χ1v) is 13.3. The second-order valence-corrected chi connectivity index (χ2v) is 11.0. The molecule has 0 aliphatic carbocycles. The molecule has 31 heavy (non-hydrogen) atoms. The SMILES string of the molecule is CCN1CCC(Cn2c(CN3CCCC3=O)nnc2N2CCCN(S(C)(=O)=O)CC2)C1. The van der Waals surface area contributed by atoms with Gasteiger partial charge in [-0.3, -0.25) is 9.36 Å². The summed E-state index contributed by atoms with van der Waals surface area (Å²) >= 11 is 0. The molecule has 0 radical (unpaired) electrons. The number of hydrogen-bond donors (Lipinski definition) is 0. The maximum absolute atomic E-state index is 12.2. The molecule has 3 fully saturated rings. The minimum Gasteiger partial charge on any atom is -0.340 e. The lowest BCUT2D eigenvalue weighted by molar-refractivity contribution is -0.128. The molecule has 0 N–H and O–H groups in total. The molecule has 1 amide bonds. The topological polar surface area (TPSA) is 94.9 Å². The molecule has 3 saturated heterocycles. The van der Waals surface area contributed by atoms with Crippen molar-refractivity contribution in [3.8, 4) is 0 Å². The molecule has 0 bridgehead atoms. The van der Waals surface area contributed by atoms with Gasteiger partial charge in [0.25, 0.3) is 0 Å². The zero-order chi connectivity index (χ0) is 22.0. The molecular formula is C20H35N7O3S. The van der Waals surface area contributed by atoms with Crippen molar-refractivity contribution in [3.63, 3.8) is 0 Å². The molecule has 4 rings (SSSR count). The van der Waals surface area contributed by atoms with Gasteiger partial charge >= 0.3 is 0 Å². The van der Waals surface area contributed by atoms with Crippen molar-refractivity contribution in [2.45, 2.75) is 45.7 Å². The average molecular weight is 454 g/mol. The Balaban J connectivity index is 1.55. The van der Waals surface area contributed by atoms with E-state index in [1.807, 2.05) is 4.90 Å². The zero-order valence-corrected chi connectivity index (χ0v) is 19.6. The molecule has 4 heterocycles. The Morgan fingerprint density at radius 2 is 1.87 bits per heavy atom. The summed E-state index contributed by atoms with van der Waals surface area (Å²) in [5, 5.41) is 9.04. The van der Waals surface area contributed by atoms with Crippen molar-refractivity contribution in [1.82, 2.24) is 28.9 Å². The van der Waals surface area contributed by atoms with Gasteiger partial charge in [0.05, 0.1) is 12.8 Å². The number of amides is 1. The standard InChI is InChI=1S/C20H35N7O3S/c1-3-23-11-7-17(14-23)15-27-18(16-25-8-4-6-19(25)28)21-22-20(27)24-9-5-10-26(13-12-24)31(2,29)30/h17H,3-16H2,1-2H3. The van der Waals surface area contributed by atoms with Crippen LogP contribution in [0, 0.1) is 5.92 Å². The van der Waals surface area contributed by atoms with E-state index in [0.717, 1.165) is 70.3 Å². The lowest BCUT2D eigenvalue weighted by atomic mass is 10.1. The molecule has 3 aliphatic heterocycles. The smallest absolute Gasteiger partial charge is 0.227 e. The number of nitrogens with zero attached hydrogens (tertiary/aromatic N) is 7. The zero-order valence-electron chi connectivity index (χ0n) is 18.7. The first-order valence-electron chi connectivity index (χ1n) is 11.5. The van der Waals surface area contributed by atoms with Crippen LogP contribution in [-0.4, -0.2) is 102 Å². The fraction of sp³-hybridized carbons (Fsp3) is 0.850. The molecule has 174 valence electrons. The normalized spacial score (nSPS) is 24.3. The van der Waals surface area contributed by atoms with E-state index in [0.29, 0.717) is 38.5 Å². The molecule has 1 unspecified atom stereocenters. The van der Waals surface area contributed by atoms with Crippen molar-refractivity contribution in [2.75, 3.05) is 63.5 Å². The number of carbonyl (C=O) groups excluding carboxylic acids is 1. The Labute approximate surface area is 185 Å². The first kappa shape index (κ1) is 22.5. The van der Waals surface area contributed by atoms with Gasteiger partial charge in [-0.25, -0.2) is 12.7 Å². The molecule has 1 aromatic rings. The highest BCUT2D eigenvalue weighted by Gasteiger charge is 2.30. The van der Waals surface area contributed by atoms with Gasteiger partial charge < -0.3 is 14.7 Å². The highest BCUT2D eigenvalue weighted by Crippen LogP contribution is 2.25. The van der Waals surface area contributed by atoms with Crippen molar-refractivity contribution < 1.29 is 13.2 Å². The van der Waals surface area contributed by atoms with E-state index in [-0.39, 0.29) is 5.91 Å². The largest absolute Gasteiger partial charge is 0.340 e. The summed E-state index contributed by atoms with van der Waals surface area (Å²) in [5.41, 5.74) is 0. The van der Waals surface area contributed by atoms with Crippen LogP contribution in [0.4, 0.5) is 5.95 Å². The van der Waals surface area contributed by atoms with Crippen LogP contribution in [0.3, 0.4) is 0 Å². The minimum atomic E-state index is -3.20. The summed E-state index contributed by atoms with van der Waals surface area (Å²) < 4.78 is 27.7. The van der Waals surface area contributed by atoms with Crippen LogP contribution in [0.15, 0.2) is 0 Å². The van der Waals surface area contributed by atoms with Crippen LogP contribution in [0.1, 0.15) is 38.4 Å². The third kappa shape index (κ3) is 5.20. The fourth-order valence-electron chi connectivity index (χ4n) is 4.94. The number of sulfonamides is 1. The van der Waals surface area contributed by atoms with E-state index in [9.17, 15) is 13.2 Å². The maximum atomic E-state index is 12.2. The summed E-state index contributed by atoms with van der Waals surface area (Å²) in [6.07, 6.45) is 4.70. The number of aromatic nitrogens is 3. The van der Waals surface area contributed by atoms with Crippen LogP contribution in [0.2, 0.25) is 0 Å². The third-order valence-corrected chi connectivity index (χ3v) is 8.08. The van der Waals surface area contributed by atoms with Gasteiger partial charge in [-0.05, 0) is 38.3 Å². The number of likely N-dealkylation sites (tertiary alicyclic amines) is 2. The molecule has 11 heteroatoms. The van der Waals surface area contributed by atoms with Crippen molar-refractivity contribution in [3.05, 3.63) is 5.82 Å². The molecular weight excluding hydrogens is 418 g/mol. The molecule has 10 nitrogen and oxygen atoms in total. The quantitative estimate of drug-likeness (QED) is 0.583. The maximum Gasteiger partial charge on any atom is 0.227 e. The lowest BCUT2D eigenvalue weighted by Crippen LogP contribution is -2.35. The van der Waals surface area contributed by atoms with E-state index < -0.39 is 10.0 Å². The Kier molecular flexibility index (Phi) is 6.83. The van der Waals surface area contributed by atoms with Gasteiger partial charge in [0.1, 0.15) is 0 Å². The van der Waals surface area contributed by atoms with E-state index in [2.05, 4.69) is 31.5 Å². The third-order valence-electron chi connectivity index (χ3n) is 6.78. The Morgan fingerprint density at radius 3 is 2.55 bits per heavy atom. The summed E-state index contributed by atoms with van der Waals surface area (Å²) in [6, 6.07) is 0. The Morgan fingerprint density at radius 1 is 1.03 bits per heavy atom. The van der Waals surface area contributed by atoms with E-state index >= 15 is 0 Å². The average Bonchev–Trinajstić information content (AvgIpc) is 3.39. The molecule has 0 spiro atoms. The number of carbonyl (C=O) groups is 1. The van der Waals surface area contributed by atoms with Crippen LogP contribution in [0.25, 0.3) is 0 Å². The van der Waals surface area contributed by atoms with E-state index in [1.165, 1.54) is 6.26 Å². The van der Waals surface area contributed by atoms with Gasteiger partial charge in [-0.15, -0.1) is 10.2 Å². The van der Waals surface area contributed by atoms with E-state index in [1.54, 1.807) is 4.31 Å². The highest BCUT2D eigenvalue weighted by molar-refractivity contribution is 7.88. The van der Waals surface area contributed by atoms with Crippen LogP contribution >= 0.6 is 0 Å². The second-order valence-electron chi connectivity index (χ2n) is 9.00. The monoisotopic (exact) mass is 453 g/mol. The van der Waals surface area contributed by atoms with Crippen molar-refractivity contribution >= 4 is 21.9 Å². The Bertz CT molecular complexity index is 887. The number of rotatable bonds is 7. The first-order chi connectivity index (χ1) is 14.8. The van der Waals surface area contributed by atoms with Crippen molar-refractivity contribution in [1.29, 1.82) is 0 Å². The molecule has 0 saturated carbocycles. The van der Waals surface area contributed by atoms with Crippen LogP contribution in [0.5, 0.6) is 0 Å². The number of hydrogen-bond acceptors (Lipinski definition) is 7.